The van der Waals surface area contributed by atoms with Crippen molar-refractivity contribution in [2.24, 2.45) is 10.8 Å². The second-order valence-electron chi connectivity index (χ2n) is 12.2. The molecule has 4 aromatic rings. The quantitative estimate of drug-likeness (QED) is 0.174. The molecule has 284 valence electrons. The minimum Gasteiger partial charge on any atom is -0.358 e. The molecule has 0 spiro atoms. The third-order valence-corrected chi connectivity index (χ3v) is 6.16. The van der Waals surface area contributed by atoms with Crippen LogP contribution in [0.1, 0.15) is 132 Å². The number of benzene rings is 2. The van der Waals surface area contributed by atoms with Crippen LogP contribution in [-0.4, -0.2) is 19.1 Å². The van der Waals surface area contributed by atoms with E-state index >= 15 is 0 Å². The van der Waals surface area contributed by atoms with Crippen LogP contribution in [0.3, 0.4) is 0 Å². The summed E-state index contributed by atoms with van der Waals surface area (Å²) >= 11 is 0. The van der Waals surface area contributed by atoms with Gasteiger partial charge < -0.3 is 37.8 Å². The van der Waals surface area contributed by atoms with E-state index in [-0.39, 0.29) is 80.3 Å². The molecule has 0 aliphatic rings. The van der Waals surface area contributed by atoms with Gasteiger partial charge in [-0.2, -0.15) is 13.8 Å². The van der Waals surface area contributed by atoms with Gasteiger partial charge in [0.05, 0.1) is 6.33 Å². The molecule has 0 aliphatic heterocycles. The fourth-order valence-electron chi connectivity index (χ4n) is 4.14. The summed E-state index contributed by atoms with van der Waals surface area (Å²) in [6, 6.07) is 21.1. The van der Waals surface area contributed by atoms with Crippen LogP contribution in [0.25, 0.3) is 0 Å². The molecule has 0 saturated heterocycles. The molecule has 0 amide bonds. The Kier molecular flexibility index (Phi) is 50.3. The molecule has 0 atom stereocenters. The average molecular weight is 841 g/mol. The smallest absolute Gasteiger partial charge is 0.106 e. The molecule has 4 rings (SSSR count). The topological polar surface area (TPSA) is 35.6 Å². The molecule has 0 unspecified atom stereocenters. The molecular formula is C44H78N4Y2-4. The molecule has 50 heavy (non-hydrogen) atoms. The average Bonchev–Trinajstić information content (AvgIpc) is 3.66. The van der Waals surface area contributed by atoms with Crippen molar-refractivity contribution >= 4 is 0 Å². The Morgan fingerprint density at radius 2 is 1.06 bits per heavy atom. The maximum absolute atomic E-state index is 4.46. The van der Waals surface area contributed by atoms with Crippen LogP contribution >= 0.6 is 0 Å². The largest absolute Gasteiger partial charge is 0.358 e. The van der Waals surface area contributed by atoms with E-state index in [1.54, 1.807) is 13.8 Å². The predicted octanol–water partition coefficient (Wildman–Crippen LogP) is 13.4. The van der Waals surface area contributed by atoms with Crippen molar-refractivity contribution in [1.29, 1.82) is 0 Å². The molecule has 4 nitrogen and oxygen atoms in total. The number of nitrogens with zero attached hydrogens (tertiary/aromatic N) is 4. The van der Waals surface area contributed by atoms with Gasteiger partial charge >= 0.3 is 0 Å². The van der Waals surface area contributed by atoms with Gasteiger partial charge in [-0.25, -0.2) is 9.97 Å². The van der Waals surface area contributed by atoms with Gasteiger partial charge in [0, 0.05) is 109 Å². The molecule has 0 N–H and O–H groups in total. The number of aryl methyl sites for hydroxylation is 2. The molecule has 0 bridgehead atoms. The van der Waals surface area contributed by atoms with Crippen molar-refractivity contribution in [3.05, 3.63) is 136 Å². The van der Waals surface area contributed by atoms with E-state index in [1.807, 2.05) is 60.3 Å². The second-order valence-corrected chi connectivity index (χ2v) is 12.2. The van der Waals surface area contributed by atoms with E-state index in [9.17, 15) is 0 Å². The Labute approximate surface area is 364 Å². The summed E-state index contributed by atoms with van der Waals surface area (Å²) in [5.74, 6) is 1.10. The molecule has 2 aromatic carbocycles. The Hall–Kier alpha value is -0.932. The minimum absolute atomic E-state index is 0. The van der Waals surface area contributed by atoms with Gasteiger partial charge in [0.1, 0.15) is 5.82 Å². The van der Waals surface area contributed by atoms with Crippen molar-refractivity contribution in [3.63, 3.8) is 0 Å². The first-order valence-corrected chi connectivity index (χ1v) is 17.5. The van der Waals surface area contributed by atoms with Crippen LogP contribution in [0.5, 0.6) is 0 Å². The van der Waals surface area contributed by atoms with Gasteiger partial charge in [0.15, 0.2) is 0 Å². The summed E-state index contributed by atoms with van der Waals surface area (Å²) in [7, 11) is 0. The van der Waals surface area contributed by atoms with Gasteiger partial charge in [-0.05, 0) is 41.7 Å². The molecule has 0 fully saturated rings. The van der Waals surface area contributed by atoms with Crippen LogP contribution in [0.2, 0.25) is 0 Å². The Morgan fingerprint density at radius 1 is 0.620 bits per heavy atom. The van der Waals surface area contributed by atoms with Crippen molar-refractivity contribution < 1.29 is 65.4 Å². The predicted molar refractivity (Wildman–Crippen MR) is 220 cm³/mol. The first-order valence-electron chi connectivity index (χ1n) is 17.5. The van der Waals surface area contributed by atoms with Crippen molar-refractivity contribution in [2.75, 3.05) is 0 Å². The minimum atomic E-state index is 0. The Bertz CT molecular complexity index is 1190. The molecule has 0 saturated carbocycles. The summed E-state index contributed by atoms with van der Waals surface area (Å²) in [5, 5.41) is 0. The number of hydrogen-bond acceptors (Lipinski definition) is 2. The third kappa shape index (κ3) is 30.7. The number of rotatable bonds is 7. The second kappa shape index (κ2) is 39.3. The van der Waals surface area contributed by atoms with Gasteiger partial charge in [-0.3, -0.25) is 0 Å². The first-order chi connectivity index (χ1) is 22.0. The van der Waals surface area contributed by atoms with E-state index < -0.39 is 0 Å². The molecular weight excluding hydrogens is 762 g/mol. The van der Waals surface area contributed by atoms with Crippen molar-refractivity contribution in [3.8, 4) is 0 Å². The molecule has 6 heteroatoms. The van der Waals surface area contributed by atoms with Crippen molar-refractivity contribution in [2.45, 2.75) is 136 Å². The van der Waals surface area contributed by atoms with Crippen LogP contribution < -0.4 is 0 Å². The van der Waals surface area contributed by atoms with E-state index in [4.69, 9.17) is 0 Å². The molecule has 0 aliphatic carbocycles. The SMILES string of the molecule is CC.CC.CC.CC(C)(C)CCn1cncc1Cc1ccccc1.Cc1ncc(CC(C)(C)C)n1Cc1ccccc1.[CH2-]C.[CH2-]C.[CH3-].[CH3-].[Y].[Y]. The molecule has 2 heterocycles. The Morgan fingerprint density at radius 3 is 1.48 bits per heavy atom. The summed E-state index contributed by atoms with van der Waals surface area (Å²) < 4.78 is 4.60. The van der Waals surface area contributed by atoms with Crippen LogP contribution in [0.4, 0.5) is 0 Å². The number of aromatic nitrogens is 4. The van der Waals surface area contributed by atoms with Gasteiger partial charge in [0.25, 0.3) is 0 Å². The maximum Gasteiger partial charge on any atom is 0.106 e. The van der Waals surface area contributed by atoms with Crippen LogP contribution in [0.15, 0.2) is 79.4 Å². The fourth-order valence-corrected chi connectivity index (χ4v) is 4.14. The van der Waals surface area contributed by atoms with Crippen LogP contribution in [0, 0.1) is 46.5 Å². The van der Waals surface area contributed by atoms with Gasteiger partial charge in [-0.15, -0.1) is 0 Å². The van der Waals surface area contributed by atoms with Crippen molar-refractivity contribution in [1.82, 2.24) is 19.1 Å². The van der Waals surface area contributed by atoms with E-state index in [0.29, 0.717) is 10.8 Å². The van der Waals surface area contributed by atoms with E-state index in [0.717, 1.165) is 31.8 Å². The zero-order valence-electron chi connectivity index (χ0n) is 35.9. The third-order valence-electron chi connectivity index (χ3n) is 6.16. The van der Waals surface area contributed by atoms with Gasteiger partial charge in [0.2, 0.25) is 0 Å². The molecule has 2 aromatic heterocycles. The summed E-state index contributed by atoms with van der Waals surface area (Å²) in [5.41, 5.74) is 5.95. The Balaban J connectivity index is -0.000000111. The van der Waals surface area contributed by atoms with E-state index in [2.05, 4.69) is 142 Å². The monoisotopic (exact) mass is 840 g/mol. The normalized spacial score (nSPS) is 9.06. The van der Waals surface area contributed by atoms with Crippen LogP contribution in [-0.2, 0) is 91.3 Å². The first kappa shape index (κ1) is 64.1. The zero-order valence-corrected chi connectivity index (χ0v) is 41.6. The standard InChI is InChI=1S/2C16H22N2.3C2H6.2C2H5.2CH3.2Y/c1-13-17-11-15(10-16(2,3)4)18(13)12-14-8-6-5-7-9-14;1-16(2,3)9-10-18-13-17-12-15(18)11-14-7-5-4-6-8-14;5*1-2;;;;/h5-9,11H,10,12H2,1-4H3;4-8,12-13H,9-11H2,1-3H3;3*1-2H3;2*1H2,2H3;2*1H3;;/q;;;;;4*-1;;. The number of imidazole rings is 2. The number of hydrogen-bond donors (Lipinski definition) is 0. The summed E-state index contributed by atoms with van der Waals surface area (Å²) in [6.45, 7) is 39.7. The summed E-state index contributed by atoms with van der Waals surface area (Å²) in [4.78, 5) is 8.74. The summed E-state index contributed by atoms with van der Waals surface area (Å²) in [6.07, 6.45) is 9.14. The van der Waals surface area contributed by atoms with Gasteiger partial charge in [-0.1, -0.05) is 144 Å². The maximum atomic E-state index is 4.46. The fraction of sp³-hybridized carbons (Fsp3) is 0.500. The zero-order chi connectivity index (χ0) is 36.2. The molecule has 2 radical (unpaired) electrons. The van der Waals surface area contributed by atoms with E-state index in [1.165, 1.54) is 28.9 Å².